The summed E-state index contributed by atoms with van der Waals surface area (Å²) < 4.78 is 38.8. The Hall–Kier alpha value is -1.96. The number of ether oxygens (including phenoxy) is 3. The maximum Gasteiger partial charge on any atom is 0.258 e. The van der Waals surface area contributed by atoms with Crippen LogP contribution in [0.5, 0.6) is 17.2 Å². The Labute approximate surface area is 135 Å². The molecule has 1 aliphatic rings. The maximum absolute atomic E-state index is 11.9. The van der Waals surface area contributed by atoms with Gasteiger partial charge in [-0.25, -0.2) is 8.42 Å². The van der Waals surface area contributed by atoms with Crippen LogP contribution < -0.4 is 19.5 Å². The largest absolute Gasteiger partial charge is 0.493 e. The van der Waals surface area contributed by atoms with Gasteiger partial charge in [0.15, 0.2) is 27.9 Å². The molecule has 23 heavy (non-hydrogen) atoms. The van der Waals surface area contributed by atoms with E-state index in [9.17, 15) is 13.2 Å². The van der Waals surface area contributed by atoms with Gasteiger partial charge in [0, 0.05) is 6.04 Å². The molecule has 1 aromatic rings. The molecule has 1 amide bonds. The fraction of sp³-hybridized carbons (Fsp3) is 0.533. The topological polar surface area (TPSA) is 90.9 Å². The van der Waals surface area contributed by atoms with Gasteiger partial charge in [-0.15, -0.1) is 0 Å². The molecular formula is C15H21NO6S. The lowest BCUT2D eigenvalue weighted by Crippen LogP contribution is -2.38. The molecule has 1 N–H and O–H groups in total. The van der Waals surface area contributed by atoms with Gasteiger partial charge in [0.05, 0.1) is 25.7 Å². The molecule has 0 radical (unpaired) electrons. The second-order valence-corrected chi connectivity index (χ2v) is 7.68. The van der Waals surface area contributed by atoms with E-state index in [4.69, 9.17) is 14.2 Å². The molecule has 0 bridgehead atoms. The standard InChI is InChI=1S/C15H21NO6S/c1-10-6-12(20-2)15(13(7-10)21-3)22-8-14(17)16-11-4-5-23(18,19)9-11/h6-7,11H,4-5,8-9H2,1-3H3,(H,16,17)/t11-/m0/s1. The average Bonchev–Trinajstić information content (AvgIpc) is 2.83. The molecule has 0 spiro atoms. The molecule has 1 fully saturated rings. The van der Waals surface area contributed by atoms with Gasteiger partial charge in [0.25, 0.3) is 5.91 Å². The van der Waals surface area contributed by atoms with Crippen LogP contribution in [0.15, 0.2) is 12.1 Å². The predicted molar refractivity (Wildman–Crippen MR) is 85.0 cm³/mol. The molecule has 1 heterocycles. The Bertz CT molecular complexity index is 660. The Balaban J connectivity index is 1.99. The van der Waals surface area contributed by atoms with Crippen molar-refractivity contribution in [3.63, 3.8) is 0 Å². The van der Waals surface area contributed by atoms with E-state index < -0.39 is 9.84 Å². The summed E-state index contributed by atoms with van der Waals surface area (Å²) in [5.41, 5.74) is 0.937. The molecule has 0 unspecified atom stereocenters. The molecule has 8 heteroatoms. The number of nitrogens with one attached hydrogen (secondary N) is 1. The van der Waals surface area contributed by atoms with Crippen molar-refractivity contribution in [1.82, 2.24) is 5.32 Å². The third-order valence-electron chi connectivity index (χ3n) is 3.55. The van der Waals surface area contributed by atoms with Gasteiger partial charge in [-0.2, -0.15) is 0 Å². The Morgan fingerprint density at radius 3 is 2.35 bits per heavy atom. The fourth-order valence-corrected chi connectivity index (χ4v) is 4.14. The van der Waals surface area contributed by atoms with Gasteiger partial charge >= 0.3 is 0 Å². The first-order chi connectivity index (χ1) is 10.8. The molecule has 1 aromatic carbocycles. The third kappa shape index (κ3) is 4.51. The second-order valence-electron chi connectivity index (χ2n) is 5.45. The van der Waals surface area contributed by atoms with Crippen LogP contribution in [0.25, 0.3) is 0 Å². The van der Waals surface area contributed by atoms with Crippen LogP contribution in [0.4, 0.5) is 0 Å². The first kappa shape index (κ1) is 17.4. The van der Waals surface area contributed by atoms with E-state index in [0.717, 1.165) is 5.56 Å². The molecule has 7 nitrogen and oxygen atoms in total. The number of benzene rings is 1. The summed E-state index contributed by atoms with van der Waals surface area (Å²) in [7, 11) is -0.0208. The smallest absolute Gasteiger partial charge is 0.258 e. The van der Waals surface area contributed by atoms with Gasteiger partial charge in [-0.1, -0.05) is 0 Å². The van der Waals surface area contributed by atoms with Crippen LogP contribution >= 0.6 is 0 Å². The first-order valence-corrected chi connectivity index (χ1v) is 9.02. The van der Waals surface area contributed by atoms with Gasteiger partial charge in [-0.05, 0) is 31.0 Å². The lowest BCUT2D eigenvalue weighted by molar-refractivity contribution is -0.123. The normalized spacial score (nSPS) is 19.2. The number of aryl methyl sites for hydroxylation is 1. The van der Waals surface area contributed by atoms with Gasteiger partial charge < -0.3 is 19.5 Å². The average molecular weight is 343 g/mol. The Morgan fingerprint density at radius 2 is 1.87 bits per heavy atom. The van der Waals surface area contributed by atoms with Crippen LogP contribution in [0.2, 0.25) is 0 Å². The van der Waals surface area contributed by atoms with Crippen LogP contribution in [0.1, 0.15) is 12.0 Å². The predicted octanol–water partition coefficient (Wildman–Crippen LogP) is 0.694. The summed E-state index contributed by atoms with van der Waals surface area (Å²) >= 11 is 0. The van der Waals surface area contributed by atoms with Crippen LogP contribution in [0.3, 0.4) is 0 Å². The van der Waals surface area contributed by atoms with Crippen molar-refractivity contribution in [1.29, 1.82) is 0 Å². The molecule has 1 aliphatic heterocycles. The highest BCUT2D eigenvalue weighted by atomic mass is 32.2. The zero-order chi connectivity index (χ0) is 17.0. The summed E-state index contributed by atoms with van der Waals surface area (Å²) in [6, 6.07) is 3.21. The molecule has 0 aromatic heterocycles. The number of sulfone groups is 1. The van der Waals surface area contributed by atoms with E-state index in [1.165, 1.54) is 14.2 Å². The molecule has 1 saturated heterocycles. The van der Waals surface area contributed by atoms with Gasteiger partial charge in [0.2, 0.25) is 5.75 Å². The van der Waals surface area contributed by atoms with Crippen molar-refractivity contribution in [3.05, 3.63) is 17.7 Å². The number of carbonyl (C=O) groups is 1. The van der Waals surface area contributed by atoms with E-state index in [1.807, 2.05) is 6.92 Å². The van der Waals surface area contributed by atoms with Gasteiger partial charge in [-0.3, -0.25) is 4.79 Å². The monoisotopic (exact) mass is 343 g/mol. The summed E-state index contributed by atoms with van der Waals surface area (Å²) in [4.78, 5) is 11.9. The minimum atomic E-state index is -3.03. The molecule has 2 rings (SSSR count). The third-order valence-corrected chi connectivity index (χ3v) is 5.32. The quantitative estimate of drug-likeness (QED) is 0.817. The van der Waals surface area contributed by atoms with E-state index in [0.29, 0.717) is 23.7 Å². The van der Waals surface area contributed by atoms with E-state index >= 15 is 0 Å². The summed E-state index contributed by atoms with van der Waals surface area (Å²) in [6.07, 6.45) is 0.436. The number of hydrogen-bond acceptors (Lipinski definition) is 6. The molecule has 0 saturated carbocycles. The van der Waals surface area contributed by atoms with E-state index in [2.05, 4.69) is 5.32 Å². The van der Waals surface area contributed by atoms with Crippen LogP contribution in [-0.4, -0.2) is 52.7 Å². The minimum absolute atomic E-state index is 0.0179. The zero-order valence-corrected chi connectivity index (χ0v) is 14.2. The maximum atomic E-state index is 11.9. The lowest BCUT2D eigenvalue weighted by Gasteiger charge is -2.16. The SMILES string of the molecule is COc1cc(C)cc(OC)c1OCC(=O)N[C@H]1CCS(=O)(=O)C1. The molecular weight excluding hydrogens is 322 g/mol. The summed E-state index contributed by atoms with van der Waals surface area (Å²) in [6.45, 7) is 1.65. The highest BCUT2D eigenvalue weighted by Crippen LogP contribution is 2.38. The number of amides is 1. The number of rotatable bonds is 6. The summed E-state index contributed by atoms with van der Waals surface area (Å²) in [5.74, 6) is 0.997. The minimum Gasteiger partial charge on any atom is -0.493 e. The molecule has 1 atom stereocenters. The van der Waals surface area contributed by atoms with Crippen molar-refractivity contribution < 1.29 is 27.4 Å². The highest BCUT2D eigenvalue weighted by Gasteiger charge is 2.29. The van der Waals surface area contributed by atoms with Gasteiger partial charge in [0.1, 0.15) is 0 Å². The van der Waals surface area contributed by atoms with Crippen molar-refractivity contribution in [2.45, 2.75) is 19.4 Å². The van der Waals surface area contributed by atoms with Crippen molar-refractivity contribution in [3.8, 4) is 17.2 Å². The number of carbonyl (C=O) groups excluding carboxylic acids is 1. The molecule has 128 valence electrons. The van der Waals surface area contributed by atoms with Crippen molar-refractivity contribution >= 4 is 15.7 Å². The molecule has 0 aliphatic carbocycles. The van der Waals surface area contributed by atoms with Crippen molar-refractivity contribution in [2.24, 2.45) is 0 Å². The zero-order valence-electron chi connectivity index (χ0n) is 13.4. The fourth-order valence-electron chi connectivity index (χ4n) is 2.47. The number of hydrogen-bond donors (Lipinski definition) is 1. The number of methoxy groups -OCH3 is 2. The van der Waals surface area contributed by atoms with E-state index in [-0.39, 0.29) is 30.1 Å². The van der Waals surface area contributed by atoms with Crippen LogP contribution in [0, 0.1) is 6.92 Å². The lowest BCUT2D eigenvalue weighted by atomic mass is 10.2. The Morgan fingerprint density at radius 1 is 1.26 bits per heavy atom. The first-order valence-electron chi connectivity index (χ1n) is 7.20. The van der Waals surface area contributed by atoms with Crippen molar-refractivity contribution in [2.75, 3.05) is 32.3 Å². The van der Waals surface area contributed by atoms with Crippen LogP contribution in [-0.2, 0) is 14.6 Å². The highest BCUT2D eigenvalue weighted by molar-refractivity contribution is 7.91. The Kier molecular flexibility index (Phi) is 5.35. The summed E-state index contributed by atoms with van der Waals surface area (Å²) in [5, 5.41) is 2.67. The second kappa shape index (κ2) is 7.08. The van der Waals surface area contributed by atoms with E-state index in [1.54, 1.807) is 12.1 Å².